The van der Waals surface area contributed by atoms with Crippen LogP contribution in [0.25, 0.3) is 0 Å². The molecule has 0 heterocycles. The number of allylic oxidation sites excluding steroid dienone is 6. The van der Waals surface area contributed by atoms with Crippen LogP contribution >= 0.6 is 0 Å². The van der Waals surface area contributed by atoms with Gasteiger partial charge in [-0.2, -0.15) is 0 Å². The van der Waals surface area contributed by atoms with Gasteiger partial charge in [-0.25, -0.2) is 4.79 Å². The molecule has 2 atom stereocenters. The van der Waals surface area contributed by atoms with Gasteiger partial charge in [-0.1, -0.05) is 262 Å². The number of ether oxygens (including phenoxy) is 4. The van der Waals surface area contributed by atoms with Gasteiger partial charge in [-0.3, -0.25) is 9.59 Å². The lowest BCUT2D eigenvalue weighted by Gasteiger charge is -2.25. The Bertz CT molecular complexity index is 1320. The minimum absolute atomic E-state index is 0.179. The van der Waals surface area contributed by atoms with Crippen LogP contribution in [0.2, 0.25) is 0 Å². The zero-order valence-electron chi connectivity index (χ0n) is 50.2. The second-order valence-electron chi connectivity index (χ2n) is 23.1. The highest BCUT2D eigenvalue weighted by Crippen LogP contribution is 2.17. The first-order valence-electron chi connectivity index (χ1n) is 32.2. The highest BCUT2D eigenvalue weighted by molar-refractivity contribution is 5.71. The first kappa shape index (κ1) is 72.5. The van der Waals surface area contributed by atoms with E-state index in [4.69, 9.17) is 18.9 Å². The number of nitrogens with zero attached hydrogens (tertiary/aromatic N) is 1. The second-order valence-corrected chi connectivity index (χ2v) is 23.1. The molecular formula is C66H124NO8+. The van der Waals surface area contributed by atoms with E-state index in [2.05, 4.69) is 50.3 Å². The summed E-state index contributed by atoms with van der Waals surface area (Å²) < 4.78 is 23.0. The maximum absolute atomic E-state index is 12.9. The van der Waals surface area contributed by atoms with Gasteiger partial charge in [0.15, 0.2) is 6.10 Å². The van der Waals surface area contributed by atoms with Gasteiger partial charge in [0.1, 0.15) is 13.2 Å². The number of carbonyl (C=O) groups is 3. The Balaban J connectivity index is 4.15. The fourth-order valence-electron chi connectivity index (χ4n) is 9.39. The van der Waals surface area contributed by atoms with Crippen LogP contribution in [0.5, 0.6) is 0 Å². The summed E-state index contributed by atoms with van der Waals surface area (Å²) in [7, 11) is 5.98. The van der Waals surface area contributed by atoms with Crippen molar-refractivity contribution in [3.8, 4) is 0 Å². The van der Waals surface area contributed by atoms with E-state index in [1.165, 1.54) is 238 Å². The normalized spacial score (nSPS) is 12.9. The van der Waals surface area contributed by atoms with E-state index < -0.39 is 18.4 Å². The molecule has 0 aliphatic carbocycles. The molecular weight excluding hydrogens is 935 g/mol. The average molecular weight is 1060 g/mol. The largest absolute Gasteiger partial charge is 0.477 e. The van der Waals surface area contributed by atoms with Gasteiger partial charge < -0.3 is 28.5 Å². The maximum atomic E-state index is 12.9. The van der Waals surface area contributed by atoms with Gasteiger partial charge in [-0.15, -0.1) is 0 Å². The monoisotopic (exact) mass is 1060 g/mol. The van der Waals surface area contributed by atoms with Gasteiger partial charge in [0.2, 0.25) is 0 Å². The highest BCUT2D eigenvalue weighted by atomic mass is 16.7. The molecule has 0 amide bonds. The number of likely N-dealkylation sites (N-methyl/N-ethyl adjacent to an activating group) is 1. The average Bonchev–Trinajstić information content (AvgIpc) is 3.38. The van der Waals surface area contributed by atoms with E-state index in [0.29, 0.717) is 17.4 Å². The molecule has 0 rings (SSSR count). The van der Waals surface area contributed by atoms with E-state index >= 15 is 0 Å². The summed E-state index contributed by atoms with van der Waals surface area (Å²) in [4.78, 5) is 37.5. The summed E-state index contributed by atoms with van der Waals surface area (Å²) >= 11 is 0. The molecule has 0 aromatic heterocycles. The Morgan fingerprint density at radius 3 is 1.07 bits per heavy atom. The number of quaternary nitrogens is 1. The molecule has 9 heteroatoms. The molecule has 0 aliphatic rings. The summed E-state index contributed by atoms with van der Waals surface area (Å²) in [5.41, 5.74) is 0. The highest BCUT2D eigenvalue weighted by Gasteiger charge is 2.25. The van der Waals surface area contributed by atoms with Crippen molar-refractivity contribution in [3.05, 3.63) is 36.5 Å². The zero-order valence-corrected chi connectivity index (χ0v) is 50.2. The van der Waals surface area contributed by atoms with Crippen LogP contribution < -0.4 is 0 Å². The fourth-order valence-corrected chi connectivity index (χ4v) is 9.39. The van der Waals surface area contributed by atoms with E-state index in [1.54, 1.807) is 0 Å². The van der Waals surface area contributed by atoms with E-state index in [9.17, 15) is 19.5 Å². The summed E-state index contributed by atoms with van der Waals surface area (Å²) in [6.45, 7) is 4.92. The van der Waals surface area contributed by atoms with Gasteiger partial charge in [0.05, 0.1) is 34.4 Å². The summed E-state index contributed by atoms with van der Waals surface area (Å²) in [5, 5.41) is 9.72. The standard InChI is InChI=1S/C66H123NO8/c1-6-8-10-12-14-16-18-20-22-24-26-28-30-31-32-33-35-37-39-41-43-45-47-49-51-53-55-57-64(69)75-62(61-74-66(65(70)71)72-59-58-67(3,4)5)60-73-63(68)56-54-52-50-48-46-44-42-40-38-36-34-29-27-25-23-21-19-17-15-13-11-9-7-2/h18,20,24-27,62,66H,6-17,19,21-23,28-61H2,1-5H3/p+1/b20-18-,26-24-,27-25-. The molecule has 0 spiro atoms. The van der Waals surface area contributed by atoms with Crippen LogP contribution in [-0.4, -0.2) is 87.4 Å². The minimum atomic E-state index is -1.51. The van der Waals surface area contributed by atoms with Gasteiger partial charge in [0.25, 0.3) is 6.29 Å². The Morgan fingerprint density at radius 1 is 0.400 bits per heavy atom. The van der Waals surface area contributed by atoms with Crippen molar-refractivity contribution in [2.45, 2.75) is 322 Å². The molecule has 2 unspecified atom stereocenters. The molecule has 1 N–H and O–H groups in total. The Labute approximate surface area is 464 Å². The number of unbranched alkanes of at least 4 members (excludes halogenated alkanes) is 39. The number of carboxylic acids is 1. The summed E-state index contributed by atoms with van der Waals surface area (Å²) in [6, 6.07) is 0. The molecule has 0 saturated heterocycles. The number of hydrogen-bond acceptors (Lipinski definition) is 7. The molecule has 440 valence electrons. The number of esters is 2. The Morgan fingerprint density at radius 2 is 0.720 bits per heavy atom. The van der Waals surface area contributed by atoms with Gasteiger partial charge >= 0.3 is 17.9 Å². The Hall–Kier alpha value is -2.49. The smallest absolute Gasteiger partial charge is 0.361 e. The van der Waals surface area contributed by atoms with Gasteiger partial charge in [0, 0.05) is 12.8 Å². The number of hydrogen-bond donors (Lipinski definition) is 1. The van der Waals surface area contributed by atoms with Crippen LogP contribution in [-0.2, 0) is 33.3 Å². The lowest BCUT2D eigenvalue weighted by Crippen LogP contribution is -2.40. The SMILES string of the molecule is CCCCCCC/C=C\C/C=C\CCCCCCCCCCCCCCCCCC(=O)OC(COC(=O)CCCCCCCCCCCCC/C=C\CCCCCCCCCC)COC(OCC[N+](C)(C)C)C(=O)O. The molecule has 0 fully saturated rings. The molecule has 9 nitrogen and oxygen atoms in total. The van der Waals surface area contributed by atoms with Crippen molar-refractivity contribution in [2.24, 2.45) is 0 Å². The number of carboxylic acid groups (broad SMARTS) is 1. The molecule has 0 aromatic rings. The first-order chi connectivity index (χ1) is 36.6. The topological polar surface area (TPSA) is 108 Å². The third-order valence-corrected chi connectivity index (χ3v) is 14.4. The number of rotatable bonds is 60. The molecule has 0 saturated carbocycles. The molecule has 0 aliphatic heterocycles. The van der Waals surface area contributed by atoms with Crippen LogP contribution in [0.4, 0.5) is 0 Å². The molecule has 0 bridgehead atoms. The molecule has 0 aromatic carbocycles. The number of carbonyl (C=O) groups excluding carboxylic acids is 2. The maximum Gasteiger partial charge on any atom is 0.361 e. The lowest BCUT2D eigenvalue weighted by molar-refractivity contribution is -0.870. The van der Waals surface area contributed by atoms with Crippen LogP contribution in [0.3, 0.4) is 0 Å². The lowest BCUT2D eigenvalue weighted by atomic mass is 10.0. The Kier molecular flexibility index (Phi) is 55.8. The summed E-state index contributed by atoms with van der Waals surface area (Å²) in [5.74, 6) is -1.99. The van der Waals surface area contributed by atoms with Crippen LogP contribution in [0.1, 0.15) is 309 Å². The van der Waals surface area contributed by atoms with Gasteiger partial charge in [-0.05, 0) is 70.6 Å². The third-order valence-electron chi connectivity index (χ3n) is 14.4. The van der Waals surface area contributed by atoms with Crippen LogP contribution in [0.15, 0.2) is 36.5 Å². The third kappa shape index (κ3) is 59.0. The quantitative estimate of drug-likeness (QED) is 0.0211. The van der Waals surface area contributed by atoms with E-state index in [1.807, 2.05) is 21.1 Å². The first-order valence-corrected chi connectivity index (χ1v) is 32.2. The molecule has 75 heavy (non-hydrogen) atoms. The molecule has 0 radical (unpaired) electrons. The second kappa shape index (κ2) is 57.7. The fraction of sp³-hybridized carbons (Fsp3) is 0.864. The zero-order chi connectivity index (χ0) is 54.8. The van der Waals surface area contributed by atoms with E-state index in [-0.39, 0.29) is 38.2 Å². The predicted octanol–water partition coefficient (Wildman–Crippen LogP) is 19.2. The van der Waals surface area contributed by atoms with Crippen molar-refractivity contribution in [1.29, 1.82) is 0 Å². The summed E-state index contributed by atoms with van der Waals surface area (Å²) in [6.07, 6.45) is 68.1. The number of aliphatic carboxylic acids is 1. The minimum Gasteiger partial charge on any atom is -0.477 e. The van der Waals surface area contributed by atoms with E-state index in [0.717, 1.165) is 44.9 Å². The van der Waals surface area contributed by atoms with Crippen molar-refractivity contribution in [2.75, 3.05) is 47.5 Å². The van der Waals surface area contributed by atoms with Crippen molar-refractivity contribution < 1.29 is 42.9 Å². The predicted molar refractivity (Wildman–Crippen MR) is 318 cm³/mol. The van der Waals surface area contributed by atoms with Crippen molar-refractivity contribution in [1.82, 2.24) is 0 Å². The van der Waals surface area contributed by atoms with Crippen molar-refractivity contribution in [3.63, 3.8) is 0 Å². The van der Waals surface area contributed by atoms with Crippen LogP contribution in [0, 0.1) is 0 Å². The van der Waals surface area contributed by atoms with Crippen molar-refractivity contribution >= 4 is 17.9 Å².